The predicted octanol–water partition coefficient (Wildman–Crippen LogP) is 4.32. The lowest BCUT2D eigenvalue weighted by molar-refractivity contribution is 0.470. The van der Waals surface area contributed by atoms with Crippen LogP contribution in [0.25, 0.3) is 10.8 Å². The van der Waals surface area contributed by atoms with Crippen LogP contribution >= 0.6 is 15.9 Å². The first-order chi connectivity index (χ1) is 9.74. The van der Waals surface area contributed by atoms with Gasteiger partial charge in [-0.2, -0.15) is 0 Å². The summed E-state index contributed by atoms with van der Waals surface area (Å²) in [6.45, 7) is 0.552. The molecule has 2 aromatic carbocycles. The minimum atomic E-state index is 0.307. The van der Waals surface area contributed by atoms with Crippen molar-refractivity contribution in [1.29, 1.82) is 0 Å². The van der Waals surface area contributed by atoms with Gasteiger partial charge in [0.15, 0.2) is 0 Å². The van der Waals surface area contributed by atoms with Crippen molar-refractivity contribution in [3.8, 4) is 5.75 Å². The molecule has 0 aliphatic rings. The smallest absolute Gasteiger partial charge is 0.121 e. The molecule has 20 heavy (non-hydrogen) atoms. The number of anilines is 1. The number of aromatic hydroxyl groups is 1. The first kappa shape index (κ1) is 12.9. The molecule has 0 atom stereocenters. The van der Waals surface area contributed by atoms with Gasteiger partial charge in [-0.1, -0.05) is 30.3 Å². The second-order valence-electron chi connectivity index (χ2n) is 4.51. The van der Waals surface area contributed by atoms with Crippen molar-refractivity contribution in [2.45, 2.75) is 6.54 Å². The van der Waals surface area contributed by atoms with Crippen LogP contribution in [0.3, 0.4) is 0 Å². The van der Waals surface area contributed by atoms with Gasteiger partial charge in [0.1, 0.15) is 10.4 Å². The van der Waals surface area contributed by atoms with E-state index in [-0.39, 0.29) is 0 Å². The molecule has 0 bridgehead atoms. The van der Waals surface area contributed by atoms with Gasteiger partial charge in [-0.25, -0.2) is 4.98 Å². The van der Waals surface area contributed by atoms with Gasteiger partial charge < -0.3 is 10.4 Å². The Balaban J connectivity index is 1.90. The summed E-state index contributed by atoms with van der Waals surface area (Å²) in [5, 5.41) is 15.5. The third-order valence-corrected chi connectivity index (χ3v) is 3.68. The third-order valence-electron chi connectivity index (χ3n) is 3.21. The number of fused-ring (bicyclic) bond motifs is 1. The Morgan fingerprint density at radius 2 is 1.90 bits per heavy atom. The Morgan fingerprint density at radius 1 is 1.05 bits per heavy atom. The largest absolute Gasteiger partial charge is 0.508 e. The number of halogens is 1. The zero-order valence-electron chi connectivity index (χ0n) is 10.7. The van der Waals surface area contributed by atoms with E-state index < -0.39 is 0 Å². The van der Waals surface area contributed by atoms with E-state index in [1.807, 2.05) is 42.5 Å². The average Bonchev–Trinajstić information content (AvgIpc) is 2.48. The van der Waals surface area contributed by atoms with Crippen molar-refractivity contribution in [2.75, 3.05) is 5.32 Å². The Kier molecular flexibility index (Phi) is 3.56. The van der Waals surface area contributed by atoms with Gasteiger partial charge in [0.25, 0.3) is 0 Å². The number of hydrogen-bond acceptors (Lipinski definition) is 3. The Bertz CT molecular complexity index is 741. The lowest BCUT2D eigenvalue weighted by atomic mass is 10.0. The second kappa shape index (κ2) is 5.51. The van der Waals surface area contributed by atoms with Gasteiger partial charge in [-0.3, -0.25) is 0 Å². The first-order valence-corrected chi connectivity index (χ1v) is 7.08. The van der Waals surface area contributed by atoms with Gasteiger partial charge >= 0.3 is 0 Å². The molecule has 0 saturated carbocycles. The van der Waals surface area contributed by atoms with E-state index in [0.717, 1.165) is 26.6 Å². The van der Waals surface area contributed by atoms with E-state index in [1.165, 1.54) is 0 Å². The number of phenolic OH excluding ortho intramolecular Hbond substituents is 1. The minimum absolute atomic E-state index is 0.307. The highest BCUT2D eigenvalue weighted by Gasteiger charge is 2.06. The summed E-state index contributed by atoms with van der Waals surface area (Å²) in [7, 11) is 0. The van der Waals surface area contributed by atoms with E-state index >= 15 is 0 Å². The number of hydrogen-bond donors (Lipinski definition) is 2. The van der Waals surface area contributed by atoms with Crippen molar-refractivity contribution >= 4 is 32.4 Å². The molecule has 0 fully saturated rings. The summed E-state index contributed by atoms with van der Waals surface area (Å²) in [6.07, 6.45) is 1.76. The molecule has 100 valence electrons. The third kappa shape index (κ3) is 2.60. The minimum Gasteiger partial charge on any atom is -0.508 e. The molecular formula is C16H13BrN2O. The molecule has 1 aromatic heterocycles. The average molecular weight is 329 g/mol. The fourth-order valence-corrected chi connectivity index (χ4v) is 2.42. The van der Waals surface area contributed by atoms with E-state index in [9.17, 15) is 5.11 Å². The summed E-state index contributed by atoms with van der Waals surface area (Å²) in [6, 6.07) is 15.5. The normalized spacial score (nSPS) is 10.7. The zero-order valence-corrected chi connectivity index (χ0v) is 12.3. The number of benzene rings is 2. The SMILES string of the molecule is Oc1ccc2ccccc2c1CNc1ccc(Br)nc1. The molecule has 1 heterocycles. The van der Waals surface area contributed by atoms with Crippen molar-refractivity contribution in [2.24, 2.45) is 0 Å². The molecule has 2 N–H and O–H groups in total. The Morgan fingerprint density at radius 3 is 2.70 bits per heavy atom. The second-order valence-corrected chi connectivity index (χ2v) is 5.32. The maximum absolute atomic E-state index is 10.1. The number of aromatic nitrogens is 1. The van der Waals surface area contributed by atoms with Gasteiger partial charge in [0, 0.05) is 12.1 Å². The molecule has 0 saturated heterocycles. The van der Waals surface area contributed by atoms with Gasteiger partial charge in [-0.05, 0) is 44.9 Å². The Hall–Kier alpha value is -2.07. The number of nitrogens with one attached hydrogen (secondary N) is 1. The van der Waals surface area contributed by atoms with Gasteiger partial charge in [0.2, 0.25) is 0 Å². The van der Waals surface area contributed by atoms with Crippen LogP contribution in [-0.4, -0.2) is 10.1 Å². The monoisotopic (exact) mass is 328 g/mol. The fourth-order valence-electron chi connectivity index (χ4n) is 2.18. The lowest BCUT2D eigenvalue weighted by Gasteiger charge is -2.11. The van der Waals surface area contributed by atoms with Crippen LogP contribution < -0.4 is 5.32 Å². The topological polar surface area (TPSA) is 45.1 Å². The van der Waals surface area contributed by atoms with E-state index in [0.29, 0.717) is 12.3 Å². The summed E-state index contributed by atoms with van der Waals surface area (Å²) in [4.78, 5) is 4.17. The van der Waals surface area contributed by atoms with Crippen molar-refractivity contribution in [3.05, 3.63) is 64.9 Å². The summed E-state index contributed by atoms with van der Waals surface area (Å²) >= 11 is 3.31. The van der Waals surface area contributed by atoms with Crippen LogP contribution in [-0.2, 0) is 6.54 Å². The van der Waals surface area contributed by atoms with Crippen molar-refractivity contribution < 1.29 is 5.11 Å². The number of nitrogens with zero attached hydrogens (tertiary/aromatic N) is 1. The fraction of sp³-hybridized carbons (Fsp3) is 0.0625. The molecular weight excluding hydrogens is 316 g/mol. The summed E-state index contributed by atoms with van der Waals surface area (Å²) < 4.78 is 0.802. The molecule has 3 nitrogen and oxygen atoms in total. The molecule has 4 heteroatoms. The number of rotatable bonds is 3. The first-order valence-electron chi connectivity index (χ1n) is 6.29. The molecule has 0 radical (unpaired) electrons. The van der Waals surface area contributed by atoms with Gasteiger partial charge in [0.05, 0.1) is 11.9 Å². The van der Waals surface area contributed by atoms with Crippen LogP contribution in [0.15, 0.2) is 59.3 Å². The molecule has 0 spiro atoms. The predicted molar refractivity (Wildman–Crippen MR) is 84.9 cm³/mol. The van der Waals surface area contributed by atoms with Crippen LogP contribution in [0.1, 0.15) is 5.56 Å². The summed E-state index contributed by atoms with van der Waals surface area (Å²) in [5.74, 6) is 0.307. The van der Waals surface area contributed by atoms with Crippen LogP contribution in [0, 0.1) is 0 Å². The molecule has 3 aromatic rings. The van der Waals surface area contributed by atoms with Crippen molar-refractivity contribution in [3.63, 3.8) is 0 Å². The highest BCUT2D eigenvalue weighted by Crippen LogP contribution is 2.27. The highest BCUT2D eigenvalue weighted by molar-refractivity contribution is 9.10. The molecule has 0 amide bonds. The standard InChI is InChI=1S/C16H13BrN2O/c17-16-8-6-12(9-19-16)18-10-14-13-4-2-1-3-11(13)5-7-15(14)20/h1-9,18,20H,10H2. The van der Waals surface area contributed by atoms with E-state index in [1.54, 1.807) is 12.3 Å². The van der Waals surface area contributed by atoms with Crippen LogP contribution in [0.5, 0.6) is 5.75 Å². The van der Waals surface area contributed by atoms with E-state index in [2.05, 4.69) is 26.2 Å². The quantitative estimate of drug-likeness (QED) is 0.704. The van der Waals surface area contributed by atoms with E-state index in [4.69, 9.17) is 0 Å². The summed E-state index contributed by atoms with van der Waals surface area (Å²) in [5.41, 5.74) is 1.81. The molecule has 0 aliphatic carbocycles. The van der Waals surface area contributed by atoms with Crippen LogP contribution in [0.2, 0.25) is 0 Å². The van der Waals surface area contributed by atoms with Crippen molar-refractivity contribution in [1.82, 2.24) is 4.98 Å². The maximum Gasteiger partial charge on any atom is 0.121 e. The maximum atomic E-state index is 10.1. The molecule has 3 rings (SSSR count). The highest BCUT2D eigenvalue weighted by atomic mass is 79.9. The lowest BCUT2D eigenvalue weighted by Crippen LogP contribution is -2.01. The number of pyridine rings is 1. The number of phenols is 1. The molecule has 0 unspecified atom stereocenters. The van der Waals surface area contributed by atoms with Crippen LogP contribution in [0.4, 0.5) is 5.69 Å². The van der Waals surface area contributed by atoms with Gasteiger partial charge in [-0.15, -0.1) is 0 Å². The molecule has 0 aliphatic heterocycles. The Labute approximate surface area is 125 Å². The zero-order chi connectivity index (χ0) is 13.9.